The van der Waals surface area contributed by atoms with Crippen LogP contribution in [-0.2, 0) is 13.1 Å². The quantitative estimate of drug-likeness (QED) is 0.812. The fourth-order valence-electron chi connectivity index (χ4n) is 2.95. The molecule has 0 aliphatic carbocycles. The van der Waals surface area contributed by atoms with Gasteiger partial charge in [-0.25, -0.2) is 0 Å². The standard InChI is InChI=1S/C19H23NO4/c1-13-8-17(21-3)18(22-4)9-15(13)11-20(2)10-14-6-5-7-16-19(14)24-12-23-16/h5-9H,10-12H2,1-4H3. The Morgan fingerprint density at radius 3 is 2.46 bits per heavy atom. The van der Waals surface area contributed by atoms with E-state index in [1.807, 2.05) is 24.3 Å². The van der Waals surface area contributed by atoms with Gasteiger partial charge in [-0.1, -0.05) is 12.1 Å². The van der Waals surface area contributed by atoms with E-state index < -0.39 is 0 Å². The van der Waals surface area contributed by atoms with Crippen molar-refractivity contribution in [1.82, 2.24) is 4.90 Å². The SMILES string of the molecule is COc1cc(C)c(CN(C)Cc2cccc3c2OCO3)cc1OC. The van der Waals surface area contributed by atoms with E-state index in [4.69, 9.17) is 18.9 Å². The van der Waals surface area contributed by atoms with E-state index in [-0.39, 0.29) is 0 Å². The van der Waals surface area contributed by atoms with Crippen LogP contribution in [0.4, 0.5) is 0 Å². The smallest absolute Gasteiger partial charge is 0.231 e. The van der Waals surface area contributed by atoms with Crippen molar-refractivity contribution in [2.75, 3.05) is 28.1 Å². The van der Waals surface area contributed by atoms with Crippen molar-refractivity contribution in [3.63, 3.8) is 0 Å². The number of para-hydroxylation sites is 1. The monoisotopic (exact) mass is 329 g/mol. The molecule has 24 heavy (non-hydrogen) atoms. The Bertz CT molecular complexity index is 730. The number of nitrogens with zero attached hydrogens (tertiary/aromatic N) is 1. The van der Waals surface area contributed by atoms with E-state index in [9.17, 15) is 0 Å². The number of rotatable bonds is 6. The molecule has 0 saturated heterocycles. The molecule has 128 valence electrons. The van der Waals surface area contributed by atoms with E-state index in [2.05, 4.69) is 24.9 Å². The maximum atomic E-state index is 5.59. The molecule has 0 aromatic heterocycles. The maximum absolute atomic E-state index is 5.59. The van der Waals surface area contributed by atoms with Gasteiger partial charge in [0, 0.05) is 18.7 Å². The molecule has 3 rings (SSSR count). The number of hydrogen-bond acceptors (Lipinski definition) is 5. The van der Waals surface area contributed by atoms with Crippen LogP contribution in [0.15, 0.2) is 30.3 Å². The molecule has 0 amide bonds. The number of aryl methyl sites for hydroxylation is 1. The second-order valence-corrected chi connectivity index (χ2v) is 5.96. The predicted molar refractivity (Wildman–Crippen MR) is 92.0 cm³/mol. The molecule has 0 atom stereocenters. The molecule has 5 heteroatoms. The molecule has 1 aliphatic heterocycles. The summed E-state index contributed by atoms with van der Waals surface area (Å²) in [7, 11) is 5.40. The first-order valence-corrected chi connectivity index (χ1v) is 7.90. The van der Waals surface area contributed by atoms with Crippen molar-refractivity contribution in [3.05, 3.63) is 47.0 Å². The molecule has 1 aliphatic rings. The van der Waals surface area contributed by atoms with Crippen molar-refractivity contribution < 1.29 is 18.9 Å². The summed E-state index contributed by atoms with van der Waals surface area (Å²) in [6.45, 7) is 3.96. The molecule has 0 bridgehead atoms. The van der Waals surface area contributed by atoms with Crippen LogP contribution in [0.2, 0.25) is 0 Å². The zero-order chi connectivity index (χ0) is 17.1. The lowest BCUT2D eigenvalue weighted by atomic mass is 10.1. The van der Waals surface area contributed by atoms with Crippen molar-refractivity contribution >= 4 is 0 Å². The third-order valence-corrected chi connectivity index (χ3v) is 4.20. The highest BCUT2D eigenvalue weighted by atomic mass is 16.7. The average Bonchev–Trinajstić information content (AvgIpc) is 3.06. The third kappa shape index (κ3) is 3.26. The number of fused-ring (bicyclic) bond motifs is 1. The molecule has 1 heterocycles. The second-order valence-electron chi connectivity index (χ2n) is 5.96. The lowest BCUT2D eigenvalue weighted by Crippen LogP contribution is -2.18. The van der Waals surface area contributed by atoms with Crippen molar-refractivity contribution in [1.29, 1.82) is 0 Å². The second kappa shape index (κ2) is 7.01. The zero-order valence-electron chi connectivity index (χ0n) is 14.6. The molecule has 0 saturated carbocycles. The first kappa shape index (κ1) is 16.5. The first-order chi connectivity index (χ1) is 11.6. The van der Waals surface area contributed by atoms with Gasteiger partial charge in [0.05, 0.1) is 14.2 Å². The van der Waals surface area contributed by atoms with Crippen LogP contribution in [0.1, 0.15) is 16.7 Å². The lowest BCUT2D eigenvalue weighted by molar-refractivity contribution is 0.172. The van der Waals surface area contributed by atoms with Crippen LogP contribution in [-0.4, -0.2) is 33.0 Å². The third-order valence-electron chi connectivity index (χ3n) is 4.20. The minimum Gasteiger partial charge on any atom is -0.493 e. The molecule has 0 fully saturated rings. The van der Waals surface area contributed by atoms with Crippen LogP contribution >= 0.6 is 0 Å². The van der Waals surface area contributed by atoms with Crippen molar-refractivity contribution in [2.45, 2.75) is 20.0 Å². The Labute approximate surface area is 142 Å². The Balaban J connectivity index is 1.76. The summed E-state index contributed by atoms with van der Waals surface area (Å²) >= 11 is 0. The van der Waals surface area contributed by atoms with Crippen molar-refractivity contribution in [3.8, 4) is 23.0 Å². The summed E-state index contributed by atoms with van der Waals surface area (Å²) in [4.78, 5) is 2.24. The van der Waals surface area contributed by atoms with Gasteiger partial charge in [0.2, 0.25) is 6.79 Å². The van der Waals surface area contributed by atoms with Gasteiger partial charge in [-0.15, -0.1) is 0 Å². The van der Waals surface area contributed by atoms with Crippen molar-refractivity contribution in [2.24, 2.45) is 0 Å². The van der Waals surface area contributed by atoms with E-state index in [0.29, 0.717) is 6.79 Å². The van der Waals surface area contributed by atoms with Crippen LogP contribution in [0.3, 0.4) is 0 Å². The van der Waals surface area contributed by atoms with E-state index in [1.54, 1.807) is 14.2 Å². The Morgan fingerprint density at radius 1 is 1.00 bits per heavy atom. The molecule has 5 nitrogen and oxygen atoms in total. The van der Waals surface area contributed by atoms with Gasteiger partial charge in [-0.05, 0) is 43.3 Å². The first-order valence-electron chi connectivity index (χ1n) is 7.90. The summed E-state index contributed by atoms with van der Waals surface area (Å²) < 4.78 is 21.8. The Morgan fingerprint density at radius 2 is 1.71 bits per heavy atom. The molecule has 2 aromatic carbocycles. The van der Waals surface area contributed by atoms with Gasteiger partial charge in [0.1, 0.15) is 0 Å². The largest absolute Gasteiger partial charge is 0.493 e. The number of benzene rings is 2. The van der Waals surface area contributed by atoms with Gasteiger partial charge in [0.15, 0.2) is 23.0 Å². The minimum absolute atomic E-state index is 0.296. The summed E-state index contributed by atoms with van der Waals surface area (Å²) in [6.07, 6.45) is 0. The average molecular weight is 329 g/mol. The lowest BCUT2D eigenvalue weighted by Gasteiger charge is -2.20. The number of ether oxygens (including phenoxy) is 4. The van der Waals surface area contributed by atoms with Crippen LogP contribution in [0.5, 0.6) is 23.0 Å². The maximum Gasteiger partial charge on any atom is 0.231 e. The summed E-state index contributed by atoms with van der Waals surface area (Å²) in [5.41, 5.74) is 3.52. The minimum atomic E-state index is 0.296. The van der Waals surface area contributed by atoms with Gasteiger partial charge < -0.3 is 18.9 Å². The zero-order valence-corrected chi connectivity index (χ0v) is 14.6. The van der Waals surface area contributed by atoms with Gasteiger partial charge in [0.25, 0.3) is 0 Å². The summed E-state index contributed by atoms with van der Waals surface area (Å²) in [6, 6.07) is 10.1. The molecule has 0 unspecified atom stereocenters. The summed E-state index contributed by atoms with van der Waals surface area (Å²) in [5, 5.41) is 0. The predicted octanol–water partition coefficient (Wildman–Crippen LogP) is 3.37. The molecule has 0 N–H and O–H groups in total. The Kier molecular flexibility index (Phi) is 4.81. The molecule has 2 aromatic rings. The highest BCUT2D eigenvalue weighted by molar-refractivity contribution is 5.49. The Hall–Kier alpha value is -2.40. The van der Waals surface area contributed by atoms with Crippen LogP contribution in [0, 0.1) is 6.92 Å². The van der Waals surface area contributed by atoms with Gasteiger partial charge >= 0.3 is 0 Å². The number of methoxy groups -OCH3 is 2. The molecular formula is C19H23NO4. The molecular weight excluding hydrogens is 306 g/mol. The highest BCUT2D eigenvalue weighted by Gasteiger charge is 2.18. The van der Waals surface area contributed by atoms with Crippen LogP contribution in [0.25, 0.3) is 0 Å². The highest BCUT2D eigenvalue weighted by Crippen LogP contribution is 2.36. The van der Waals surface area contributed by atoms with E-state index >= 15 is 0 Å². The van der Waals surface area contributed by atoms with Crippen LogP contribution < -0.4 is 18.9 Å². The molecule has 0 radical (unpaired) electrons. The fraction of sp³-hybridized carbons (Fsp3) is 0.368. The topological polar surface area (TPSA) is 40.2 Å². The van der Waals surface area contributed by atoms with E-state index in [1.165, 1.54) is 11.1 Å². The summed E-state index contributed by atoms with van der Waals surface area (Å²) in [5.74, 6) is 3.19. The molecule has 0 spiro atoms. The van der Waals surface area contributed by atoms with E-state index in [0.717, 1.165) is 41.7 Å². The van der Waals surface area contributed by atoms with Gasteiger partial charge in [-0.3, -0.25) is 4.90 Å². The van der Waals surface area contributed by atoms with Gasteiger partial charge in [-0.2, -0.15) is 0 Å². The fourth-order valence-corrected chi connectivity index (χ4v) is 2.95. The number of hydrogen-bond donors (Lipinski definition) is 0. The normalized spacial score (nSPS) is 12.5.